The Morgan fingerprint density at radius 2 is 1.90 bits per heavy atom. The van der Waals surface area contributed by atoms with Crippen molar-refractivity contribution in [2.45, 2.75) is 38.2 Å². The summed E-state index contributed by atoms with van der Waals surface area (Å²) in [7, 11) is 3.93. The summed E-state index contributed by atoms with van der Waals surface area (Å²) < 4.78 is 14.3. The van der Waals surface area contributed by atoms with E-state index >= 15 is 0 Å². The number of likely N-dealkylation sites (N-methyl/N-ethyl adjacent to an activating group) is 1. The van der Waals surface area contributed by atoms with Crippen molar-refractivity contribution in [3.05, 3.63) is 29.6 Å². The molecule has 0 saturated carbocycles. The van der Waals surface area contributed by atoms with E-state index in [9.17, 15) is 9.50 Å². The van der Waals surface area contributed by atoms with Gasteiger partial charge in [-0.15, -0.1) is 0 Å². The SMILES string of the molecule is CC(C)c1ccc(N2CCC(O)(CN(C)C)CC2)c(F)c1. The Hall–Kier alpha value is -1.13. The van der Waals surface area contributed by atoms with E-state index in [1.807, 2.05) is 36.0 Å². The third-order valence-corrected chi connectivity index (χ3v) is 4.28. The van der Waals surface area contributed by atoms with Crippen LogP contribution in [0.1, 0.15) is 38.2 Å². The number of aliphatic hydroxyl groups is 1. The zero-order chi connectivity index (χ0) is 15.6. The van der Waals surface area contributed by atoms with Crippen LogP contribution in [0.3, 0.4) is 0 Å². The van der Waals surface area contributed by atoms with E-state index in [0.29, 0.717) is 44.1 Å². The number of piperidine rings is 1. The molecule has 0 amide bonds. The van der Waals surface area contributed by atoms with Gasteiger partial charge in [0.2, 0.25) is 0 Å². The lowest BCUT2D eigenvalue weighted by Gasteiger charge is -2.40. The summed E-state index contributed by atoms with van der Waals surface area (Å²) in [6, 6.07) is 5.52. The molecule has 0 aliphatic carbocycles. The van der Waals surface area contributed by atoms with E-state index < -0.39 is 5.60 Å². The zero-order valence-corrected chi connectivity index (χ0v) is 13.6. The van der Waals surface area contributed by atoms with Crippen molar-refractivity contribution in [3.8, 4) is 0 Å². The van der Waals surface area contributed by atoms with Crippen molar-refractivity contribution in [1.29, 1.82) is 0 Å². The summed E-state index contributed by atoms with van der Waals surface area (Å²) in [4.78, 5) is 4.05. The molecule has 21 heavy (non-hydrogen) atoms. The maximum Gasteiger partial charge on any atom is 0.146 e. The number of hydrogen-bond donors (Lipinski definition) is 1. The molecule has 1 aromatic rings. The van der Waals surface area contributed by atoms with Crippen LogP contribution in [0, 0.1) is 5.82 Å². The van der Waals surface area contributed by atoms with Crippen LogP contribution in [0.15, 0.2) is 18.2 Å². The van der Waals surface area contributed by atoms with Gasteiger partial charge in [0.15, 0.2) is 0 Å². The molecule has 4 heteroatoms. The monoisotopic (exact) mass is 294 g/mol. The van der Waals surface area contributed by atoms with Crippen molar-refractivity contribution in [2.24, 2.45) is 0 Å². The van der Waals surface area contributed by atoms with Gasteiger partial charge >= 0.3 is 0 Å². The van der Waals surface area contributed by atoms with Gasteiger partial charge in [0.1, 0.15) is 5.82 Å². The van der Waals surface area contributed by atoms with Gasteiger partial charge in [0.05, 0.1) is 11.3 Å². The minimum absolute atomic E-state index is 0.153. The number of benzene rings is 1. The first-order valence-electron chi connectivity index (χ1n) is 7.72. The van der Waals surface area contributed by atoms with Gasteiger partial charge in [-0.3, -0.25) is 0 Å². The second-order valence-corrected chi connectivity index (χ2v) is 6.81. The molecule has 1 saturated heterocycles. The summed E-state index contributed by atoms with van der Waals surface area (Å²) in [5.41, 5.74) is 1.04. The Bertz CT molecular complexity index is 480. The molecule has 1 aliphatic rings. The average molecular weight is 294 g/mol. The molecule has 1 heterocycles. The molecule has 118 valence electrons. The second kappa shape index (κ2) is 6.32. The molecule has 2 rings (SSSR count). The normalized spacial score (nSPS) is 18.6. The van der Waals surface area contributed by atoms with Gasteiger partial charge in [-0.2, -0.15) is 0 Å². The lowest BCUT2D eigenvalue weighted by molar-refractivity contribution is -0.00546. The minimum Gasteiger partial charge on any atom is -0.388 e. The Morgan fingerprint density at radius 1 is 1.29 bits per heavy atom. The van der Waals surface area contributed by atoms with Gasteiger partial charge in [0.25, 0.3) is 0 Å². The molecular formula is C17H27FN2O. The second-order valence-electron chi connectivity index (χ2n) is 6.81. The molecule has 1 N–H and O–H groups in total. The molecular weight excluding hydrogens is 267 g/mol. The van der Waals surface area contributed by atoms with Crippen molar-refractivity contribution in [3.63, 3.8) is 0 Å². The quantitative estimate of drug-likeness (QED) is 0.925. The molecule has 0 bridgehead atoms. The van der Waals surface area contributed by atoms with Crippen LogP contribution >= 0.6 is 0 Å². The largest absolute Gasteiger partial charge is 0.388 e. The third kappa shape index (κ3) is 3.95. The topological polar surface area (TPSA) is 26.7 Å². The Labute approximate surface area is 127 Å². The molecule has 1 fully saturated rings. The summed E-state index contributed by atoms with van der Waals surface area (Å²) in [5, 5.41) is 10.5. The highest BCUT2D eigenvalue weighted by atomic mass is 19.1. The first-order valence-corrected chi connectivity index (χ1v) is 7.72. The molecule has 1 aromatic carbocycles. The molecule has 0 aromatic heterocycles. The van der Waals surface area contributed by atoms with Gasteiger partial charge < -0.3 is 14.9 Å². The van der Waals surface area contributed by atoms with Crippen LogP contribution in [0.2, 0.25) is 0 Å². The average Bonchev–Trinajstić information content (AvgIpc) is 2.38. The fourth-order valence-electron chi connectivity index (χ4n) is 3.05. The smallest absolute Gasteiger partial charge is 0.146 e. The maximum absolute atomic E-state index is 14.3. The van der Waals surface area contributed by atoms with E-state index in [4.69, 9.17) is 0 Å². The fraction of sp³-hybridized carbons (Fsp3) is 0.647. The summed E-state index contributed by atoms with van der Waals surface area (Å²) in [6.45, 7) is 6.19. The van der Waals surface area contributed by atoms with E-state index in [-0.39, 0.29) is 5.82 Å². The number of rotatable bonds is 4. The summed E-state index contributed by atoms with van der Waals surface area (Å²) in [5.74, 6) is 0.180. The highest BCUT2D eigenvalue weighted by molar-refractivity contribution is 5.50. The summed E-state index contributed by atoms with van der Waals surface area (Å²) >= 11 is 0. The van der Waals surface area contributed by atoms with Crippen LogP contribution in [0.25, 0.3) is 0 Å². The molecule has 1 aliphatic heterocycles. The fourth-order valence-corrected chi connectivity index (χ4v) is 3.05. The lowest BCUT2D eigenvalue weighted by atomic mass is 9.90. The predicted octanol–water partition coefficient (Wildman–Crippen LogP) is 2.84. The third-order valence-electron chi connectivity index (χ3n) is 4.28. The van der Waals surface area contributed by atoms with Gasteiger partial charge in [0, 0.05) is 19.6 Å². The number of hydrogen-bond acceptors (Lipinski definition) is 3. The Morgan fingerprint density at radius 3 is 2.38 bits per heavy atom. The standard InChI is InChI=1S/C17H27FN2O/c1-13(2)14-5-6-16(15(18)11-14)20-9-7-17(21,8-10-20)12-19(3)4/h5-6,11,13,21H,7-10,12H2,1-4H3. The van der Waals surface area contributed by atoms with Crippen LogP contribution in [0.4, 0.5) is 10.1 Å². The summed E-state index contributed by atoms with van der Waals surface area (Å²) in [6.07, 6.45) is 1.35. The first-order chi connectivity index (χ1) is 9.81. The molecule has 0 spiro atoms. The van der Waals surface area contributed by atoms with Crippen molar-refractivity contribution in [2.75, 3.05) is 38.6 Å². The van der Waals surface area contributed by atoms with Gasteiger partial charge in [-0.1, -0.05) is 19.9 Å². The number of halogens is 1. The van der Waals surface area contributed by atoms with Crippen LogP contribution in [0.5, 0.6) is 0 Å². The lowest BCUT2D eigenvalue weighted by Crippen LogP contribution is -2.49. The van der Waals surface area contributed by atoms with E-state index in [2.05, 4.69) is 13.8 Å². The van der Waals surface area contributed by atoms with Crippen molar-refractivity contribution >= 4 is 5.69 Å². The van der Waals surface area contributed by atoms with Crippen molar-refractivity contribution < 1.29 is 9.50 Å². The predicted molar refractivity (Wildman–Crippen MR) is 85.4 cm³/mol. The minimum atomic E-state index is -0.644. The number of anilines is 1. The van der Waals surface area contributed by atoms with E-state index in [1.54, 1.807) is 6.07 Å². The highest BCUT2D eigenvalue weighted by Gasteiger charge is 2.33. The molecule has 0 atom stereocenters. The van der Waals surface area contributed by atoms with E-state index in [0.717, 1.165) is 5.56 Å². The highest BCUT2D eigenvalue weighted by Crippen LogP contribution is 2.30. The maximum atomic E-state index is 14.3. The van der Waals surface area contributed by atoms with Gasteiger partial charge in [-0.25, -0.2) is 4.39 Å². The van der Waals surface area contributed by atoms with Crippen molar-refractivity contribution in [1.82, 2.24) is 4.90 Å². The Kier molecular flexibility index (Phi) is 4.89. The molecule has 0 unspecified atom stereocenters. The first kappa shape index (κ1) is 16.2. The van der Waals surface area contributed by atoms with Crippen LogP contribution in [-0.2, 0) is 0 Å². The molecule has 3 nitrogen and oxygen atoms in total. The van der Waals surface area contributed by atoms with Crippen LogP contribution < -0.4 is 4.90 Å². The molecule has 0 radical (unpaired) electrons. The van der Waals surface area contributed by atoms with Gasteiger partial charge in [-0.05, 0) is 50.6 Å². The van der Waals surface area contributed by atoms with E-state index in [1.165, 1.54) is 0 Å². The zero-order valence-electron chi connectivity index (χ0n) is 13.6. The van der Waals surface area contributed by atoms with Crippen LogP contribution in [-0.4, -0.2) is 49.3 Å². The number of nitrogens with zero attached hydrogens (tertiary/aromatic N) is 2. The Balaban J connectivity index is 2.05.